The number of carbonyl (C=O) groups excluding carboxylic acids is 1. The van der Waals surface area contributed by atoms with Gasteiger partial charge in [0, 0.05) is 18.7 Å². The van der Waals surface area contributed by atoms with Gasteiger partial charge in [0.15, 0.2) is 6.73 Å². The van der Waals surface area contributed by atoms with Crippen LogP contribution >= 0.6 is 0 Å². The molecule has 27 heavy (non-hydrogen) atoms. The van der Waals surface area contributed by atoms with Crippen molar-refractivity contribution in [1.82, 2.24) is 19.6 Å². The van der Waals surface area contributed by atoms with Crippen LogP contribution in [0.25, 0.3) is 0 Å². The average Bonchev–Trinajstić information content (AvgIpc) is 3.24. The number of anilines is 1. The Morgan fingerprint density at radius 3 is 2.67 bits per heavy atom. The Morgan fingerprint density at radius 2 is 2.00 bits per heavy atom. The first kappa shape index (κ1) is 18.7. The Bertz CT molecular complexity index is 895. The lowest BCUT2D eigenvalue weighted by molar-refractivity contribution is -0.116. The van der Waals surface area contributed by atoms with E-state index < -0.39 is 0 Å². The second-order valence-corrected chi connectivity index (χ2v) is 6.49. The van der Waals surface area contributed by atoms with Gasteiger partial charge < -0.3 is 10.1 Å². The molecule has 1 amide bonds. The average molecular weight is 367 g/mol. The van der Waals surface area contributed by atoms with Gasteiger partial charge in [-0.05, 0) is 44.0 Å². The molecule has 0 bridgehead atoms. The second-order valence-electron chi connectivity index (χ2n) is 6.49. The SMILES string of the molecule is CCc1ccc(OCn2cc(NC(=O)CCn3nc(C)cc3C)cn2)cc1. The third kappa shape index (κ3) is 5.20. The van der Waals surface area contributed by atoms with Crippen molar-refractivity contribution in [3.05, 3.63) is 59.7 Å². The molecule has 0 fully saturated rings. The third-order valence-corrected chi connectivity index (χ3v) is 4.27. The van der Waals surface area contributed by atoms with Crippen LogP contribution in [0, 0.1) is 13.8 Å². The van der Waals surface area contributed by atoms with Crippen molar-refractivity contribution < 1.29 is 9.53 Å². The fourth-order valence-corrected chi connectivity index (χ4v) is 2.79. The molecule has 142 valence electrons. The van der Waals surface area contributed by atoms with Gasteiger partial charge in [0.2, 0.25) is 5.91 Å². The predicted molar refractivity (Wildman–Crippen MR) is 104 cm³/mol. The maximum atomic E-state index is 12.1. The smallest absolute Gasteiger partial charge is 0.226 e. The van der Waals surface area contributed by atoms with Gasteiger partial charge in [0.1, 0.15) is 5.75 Å². The van der Waals surface area contributed by atoms with Crippen LogP contribution in [0.3, 0.4) is 0 Å². The van der Waals surface area contributed by atoms with E-state index >= 15 is 0 Å². The summed E-state index contributed by atoms with van der Waals surface area (Å²) in [6.45, 7) is 6.88. The highest BCUT2D eigenvalue weighted by Gasteiger charge is 2.07. The molecule has 2 aromatic heterocycles. The molecule has 0 aliphatic rings. The number of hydrogen-bond acceptors (Lipinski definition) is 4. The standard InChI is InChI=1S/C20H25N5O2/c1-4-17-5-7-19(8-6-17)27-14-24-13-18(12-21-24)22-20(26)9-10-25-16(3)11-15(2)23-25/h5-8,11-13H,4,9-10,14H2,1-3H3,(H,22,26). The number of hydrogen-bond donors (Lipinski definition) is 1. The van der Waals surface area contributed by atoms with Gasteiger partial charge in [-0.15, -0.1) is 0 Å². The molecule has 0 saturated heterocycles. The van der Waals surface area contributed by atoms with Gasteiger partial charge in [-0.25, -0.2) is 4.68 Å². The molecule has 3 rings (SSSR count). The van der Waals surface area contributed by atoms with Crippen LogP contribution < -0.4 is 10.1 Å². The van der Waals surface area contributed by atoms with Crippen LogP contribution in [-0.2, 0) is 24.5 Å². The number of rotatable bonds is 8. The van der Waals surface area contributed by atoms with E-state index in [1.807, 2.05) is 48.9 Å². The molecular weight excluding hydrogens is 342 g/mol. The van der Waals surface area contributed by atoms with E-state index in [-0.39, 0.29) is 12.6 Å². The lowest BCUT2D eigenvalue weighted by Gasteiger charge is -2.07. The van der Waals surface area contributed by atoms with Gasteiger partial charge in [-0.2, -0.15) is 10.2 Å². The first-order valence-corrected chi connectivity index (χ1v) is 9.08. The minimum atomic E-state index is -0.0711. The molecule has 0 atom stereocenters. The van der Waals surface area contributed by atoms with Crippen LogP contribution in [0.1, 0.15) is 30.3 Å². The molecule has 1 aromatic carbocycles. The van der Waals surface area contributed by atoms with E-state index in [4.69, 9.17) is 4.74 Å². The summed E-state index contributed by atoms with van der Waals surface area (Å²) in [6.07, 6.45) is 4.72. The number of ether oxygens (including phenoxy) is 1. The minimum Gasteiger partial charge on any atom is -0.471 e. The summed E-state index contributed by atoms with van der Waals surface area (Å²) in [6, 6.07) is 9.99. The van der Waals surface area contributed by atoms with Crippen LogP contribution in [0.5, 0.6) is 5.75 Å². The summed E-state index contributed by atoms with van der Waals surface area (Å²) in [7, 11) is 0. The molecule has 0 unspecified atom stereocenters. The largest absolute Gasteiger partial charge is 0.471 e. The number of nitrogens with zero attached hydrogens (tertiary/aromatic N) is 4. The summed E-state index contributed by atoms with van der Waals surface area (Å²) in [5.74, 6) is 0.719. The van der Waals surface area contributed by atoms with Crippen molar-refractivity contribution in [1.29, 1.82) is 0 Å². The van der Waals surface area contributed by atoms with Crippen molar-refractivity contribution in [2.75, 3.05) is 5.32 Å². The van der Waals surface area contributed by atoms with Crippen LogP contribution in [-0.4, -0.2) is 25.5 Å². The molecule has 0 aliphatic heterocycles. The summed E-state index contributed by atoms with van der Waals surface area (Å²) in [5.41, 5.74) is 3.93. The Hall–Kier alpha value is -3.09. The summed E-state index contributed by atoms with van der Waals surface area (Å²) >= 11 is 0. The highest BCUT2D eigenvalue weighted by molar-refractivity contribution is 5.90. The molecular formula is C20H25N5O2. The zero-order valence-electron chi connectivity index (χ0n) is 16.0. The molecule has 7 heteroatoms. The lowest BCUT2D eigenvalue weighted by atomic mass is 10.2. The number of aromatic nitrogens is 4. The highest BCUT2D eigenvalue weighted by atomic mass is 16.5. The third-order valence-electron chi connectivity index (χ3n) is 4.27. The maximum Gasteiger partial charge on any atom is 0.226 e. The van der Waals surface area contributed by atoms with E-state index in [0.717, 1.165) is 23.6 Å². The quantitative estimate of drug-likeness (QED) is 0.663. The van der Waals surface area contributed by atoms with E-state index in [0.29, 0.717) is 18.7 Å². The normalized spacial score (nSPS) is 10.8. The molecule has 0 aliphatic carbocycles. The minimum absolute atomic E-state index is 0.0711. The molecule has 7 nitrogen and oxygen atoms in total. The Morgan fingerprint density at radius 1 is 1.22 bits per heavy atom. The Balaban J connectivity index is 1.46. The van der Waals surface area contributed by atoms with Crippen LogP contribution in [0.15, 0.2) is 42.7 Å². The van der Waals surface area contributed by atoms with Gasteiger partial charge >= 0.3 is 0 Å². The van der Waals surface area contributed by atoms with Crippen LogP contribution in [0.4, 0.5) is 5.69 Å². The number of amides is 1. The zero-order valence-corrected chi connectivity index (χ0v) is 16.0. The Labute approximate surface area is 159 Å². The van der Waals surface area contributed by atoms with E-state index in [9.17, 15) is 4.79 Å². The molecule has 2 heterocycles. The lowest BCUT2D eigenvalue weighted by Crippen LogP contribution is -2.15. The fraction of sp³-hybridized carbons (Fsp3) is 0.350. The monoisotopic (exact) mass is 367 g/mol. The molecule has 0 spiro atoms. The number of carbonyl (C=O) groups is 1. The van der Waals surface area contributed by atoms with Gasteiger partial charge in [0.05, 0.1) is 23.8 Å². The van der Waals surface area contributed by atoms with E-state index in [1.165, 1.54) is 5.56 Å². The Kier molecular flexibility index (Phi) is 5.90. The van der Waals surface area contributed by atoms with Gasteiger partial charge in [0.25, 0.3) is 0 Å². The topological polar surface area (TPSA) is 74.0 Å². The molecule has 0 saturated carbocycles. The second kappa shape index (κ2) is 8.53. The van der Waals surface area contributed by atoms with Gasteiger partial charge in [-0.3, -0.25) is 9.48 Å². The number of aryl methyl sites for hydroxylation is 4. The maximum absolute atomic E-state index is 12.1. The first-order chi connectivity index (χ1) is 13.0. The predicted octanol–water partition coefficient (Wildman–Crippen LogP) is 3.32. The zero-order chi connectivity index (χ0) is 19.2. The fourth-order valence-electron chi connectivity index (χ4n) is 2.79. The molecule has 0 radical (unpaired) electrons. The first-order valence-electron chi connectivity index (χ1n) is 9.08. The summed E-state index contributed by atoms with van der Waals surface area (Å²) in [5, 5.41) is 11.4. The van der Waals surface area contributed by atoms with Crippen molar-refractivity contribution >= 4 is 11.6 Å². The summed E-state index contributed by atoms with van der Waals surface area (Å²) < 4.78 is 9.19. The molecule has 1 N–H and O–H groups in total. The summed E-state index contributed by atoms with van der Waals surface area (Å²) in [4.78, 5) is 12.1. The molecule has 3 aromatic rings. The van der Waals surface area contributed by atoms with Crippen molar-refractivity contribution in [3.8, 4) is 5.75 Å². The van der Waals surface area contributed by atoms with Crippen molar-refractivity contribution in [2.24, 2.45) is 0 Å². The number of benzene rings is 1. The van der Waals surface area contributed by atoms with Crippen LogP contribution in [0.2, 0.25) is 0 Å². The van der Waals surface area contributed by atoms with E-state index in [2.05, 4.69) is 22.4 Å². The van der Waals surface area contributed by atoms with Gasteiger partial charge in [-0.1, -0.05) is 19.1 Å². The van der Waals surface area contributed by atoms with Crippen molar-refractivity contribution in [2.45, 2.75) is 46.9 Å². The number of nitrogens with one attached hydrogen (secondary N) is 1. The van der Waals surface area contributed by atoms with E-state index in [1.54, 1.807) is 17.1 Å². The highest BCUT2D eigenvalue weighted by Crippen LogP contribution is 2.14. The van der Waals surface area contributed by atoms with Crippen molar-refractivity contribution in [3.63, 3.8) is 0 Å².